The Morgan fingerprint density at radius 2 is 1.93 bits per heavy atom. The fraction of sp³-hybridized carbons (Fsp3) is 0.190. The molecule has 0 fully saturated rings. The standard InChI is InChI=1S/C21H17ClFN5O2/c1-12(29)20-14(11-24-19-3-2-15(23)9-17(19)20)8-16(30)6-13-7-18(22)21(25-10-13)28-26-4-5-27-28/h2-5,7,9-12,29H,6,8H2,1H3. The number of nitrogens with zero attached hydrogens (tertiary/aromatic N) is 5. The second kappa shape index (κ2) is 8.25. The molecule has 0 saturated heterocycles. The molecule has 0 bridgehead atoms. The van der Waals surface area contributed by atoms with Crippen LogP contribution in [0.2, 0.25) is 5.02 Å². The third-order valence-corrected chi connectivity index (χ3v) is 4.93. The topological polar surface area (TPSA) is 93.8 Å². The largest absolute Gasteiger partial charge is 0.389 e. The number of carbonyl (C=O) groups is 1. The summed E-state index contributed by atoms with van der Waals surface area (Å²) in [6.07, 6.45) is 5.39. The van der Waals surface area contributed by atoms with Gasteiger partial charge in [0.2, 0.25) is 0 Å². The Kier molecular flexibility index (Phi) is 5.52. The van der Waals surface area contributed by atoms with E-state index in [2.05, 4.69) is 20.2 Å². The summed E-state index contributed by atoms with van der Waals surface area (Å²) in [6.45, 7) is 1.58. The van der Waals surface area contributed by atoms with Gasteiger partial charge in [-0.05, 0) is 47.9 Å². The third kappa shape index (κ3) is 4.05. The molecule has 152 valence electrons. The van der Waals surface area contributed by atoms with Crippen LogP contribution in [-0.4, -0.2) is 35.9 Å². The average Bonchev–Trinajstić information content (AvgIpc) is 3.21. The van der Waals surface area contributed by atoms with Crippen LogP contribution in [0.5, 0.6) is 0 Å². The minimum absolute atomic E-state index is 0.0414. The summed E-state index contributed by atoms with van der Waals surface area (Å²) < 4.78 is 13.7. The van der Waals surface area contributed by atoms with Gasteiger partial charge in [0.05, 0.1) is 29.0 Å². The van der Waals surface area contributed by atoms with E-state index in [0.717, 1.165) is 0 Å². The van der Waals surface area contributed by atoms with E-state index in [4.69, 9.17) is 11.6 Å². The number of rotatable bonds is 6. The van der Waals surface area contributed by atoms with Crippen molar-refractivity contribution in [1.29, 1.82) is 0 Å². The van der Waals surface area contributed by atoms with Crippen LogP contribution in [0.25, 0.3) is 16.7 Å². The number of pyridine rings is 2. The number of carbonyl (C=O) groups excluding carboxylic acids is 1. The van der Waals surface area contributed by atoms with Gasteiger partial charge in [0, 0.05) is 30.6 Å². The molecule has 1 N–H and O–H groups in total. The number of aromatic nitrogens is 5. The second-order valence-corrected chi connectivity index (χ2v) is 7.30. The van der Waals surface area contributed by atoms with Gasteiger partial charge in [-0.15, -0.1) is 4.80 Å². The zero-order valence-electron chi connectivity index (χ0n) is 16.0. The molecule has 3 heterocycles. The second-order valence-electron chi connectivity index (χ2n) is 6.89. The SMILES string of the molecule is CC(O)c1c(CC(=O)Cc2cnc(-n3nccn3)c(Cl)c2)cnc2ccc(F)cc12. The first-order chi connectivity index (χ1) is 14.4. The van der Waals surface area contributed by atoms with E-state index in [1.807, 2.05) is 0 Å². The first-order valence-corrected chi connectivity index (χ1v) is 9.58. The molecule has 0 aliphatic carbocycles. The van der Waals surface area contributed by atoms with E-state index in [1.165, 1.54) is 29.3 Å². The monoisotopic (exact) mass is 425 g/mol. The summed E-state index contributed by atoms with van der Waals surface area (Å²) in [7, 11) is 0. The Labute approximate surface area is 176 Å². The summed E-state index contributed by atoms with van der Waals surface area (Å²) in [5.41, 5.74) is 2.26. The maximum Gasteiger partial charge on any atom is 0.193 e. The number of hydrogen-bond acceptors (Lipinski definition) is 6. The molecule has 1 unspecified atom stereocenters. The lowest BCUT2D eigenvalue weighted by atomic mass is 9.95. The van der Waals surface area contributed by atoms with Gasteiger partial charge < -0.3 is 5.11 Å². The number of hydrogen-bond donors (Lipinski definition) is 1. The third-order valence-electron chi connectivity index (χ3n) is 4.65. The van der Waals surface area contributed by atoms with E-state index in [0.29, 0.717) is 38.4 Å². The number of fused-ring (bicyclic) bond motifs is 1. The molecular weight excluding hydrogens is 409 g/mol. The smallest absolute Gasteiger partial charge is 0.193 e. The van der Waals surface area contributed by atoms with Gasteiger partial charge in [-0.2, -0.15) is 10.2 Å². The van der Waals surface area contributed by atoms with Crippen LogP contribution in [0.3, 0.4) is 0 Å². The number of aliphatic hydroxyl groups excluding tert-OH is 1. The van der Waals surface area contributed by atoms with E-state index in [1.54, 1.807) is 31.5 Å². The normalized spacial score (nSPS) is 12.3. The molecule has 4 rings (SSSR count). The van der Waals surface area contributed by atoms with Gasteiger partial charge in [0.25, 0.3) is 0 Å². The lowest BCUT2D eigenvalue weighted by Crippen LogP contribution is -2.11. The Morgan fingerprint density at radius 3 is 2.63 bits per heavy atom. The number of halogens is 2. The van der Waals surface area contributed by atoms with Gasteiger partial charge in [-0.1, -0.05) is 11.6 Å². The number of aliphatic hydroxyl groups is 1. The van der Waals surface area contributed by atoms with Crippen molar-refractivity contribution in [2.75, 3.05) is 0 Å². The molecule has 0 spiro atoms. The van der Waals surface area contributed by atoms with E-state index >= 15 is 0 Å². The number of benzene rings is 1. The molecule has 0 radical (unpaired) electrons. The van der Waals surface area contributed by atoms with Gasteiger partial charge in [0.15, 0.2) is 5.82 Å². The quantitative estimate of drug-likeness (QED) is 0.508. The summed E-state index contributed by atoms with van der Waals surface area (Å²) in [4.78, 5) is 22.5. The van der Waals surface area contributed by atoms with Gasteiger partial charge in [-0.25, -0.2) is 9.37 Å². The summed E-state index contributed by atoms with van der Waals surface area (Å²) in [5, 5.41) is 19.0. The molecule has 0 amide bonds. The van der Waals surface area contributed by atoms with Gasteiger partial charge in [0.1, 0.15) is 11.6 Å². The van der Waals surface area contributed by atoms with Crippen LogP contribution in [0.1, 0.15) is 29.7 Å². The van der Waals surface area contributed by atoms with Crippen LogP contribution in [-0.2, 0) is 17.6 Å². The van der Waals surface area contributed by atoms with Gasteiger partial charge >= 0.3 is 0 Å². The Morgan fingerprint density at radius 1 is 1.17 bits per heavy atom. The first kappa shape index (κ1) is 20.1. The van der Waals surface area contributed by atoms with Gasteiger partial charge in [-0.3, -0.25) is 9.78 Å². The Balaban J connectivity index is 1.58. The van der Waals surface area contributed by atoms with E-state index in [-0.39, 0.29) is 18.6 Å². The van der Waals surface area contributed by atoms with Crippen molar-refractivity contribution in [3.05, 3.63) is 76.6 Å². The molecule has 7 nitrogen and oxygen atoms in total. The molecule has 1 aromatic carbocycles. The first-order valence-electron chi connectivity index (χ1n) is 9.20. The Hall–Kier alpha value is -3.23. The lowest BCUT2D eigenvalue weighted by molar-refractivity contribution is -0.117. The average molecular weight is 426 g/mol. The van der Waals surface area contributed by atoms with Crippen molar-refractivity contribution in [1.82, 2.24) is 25.0 Å². The summed E-state index contributed by atoms with van der Waals surface area (Å²) in [5.74, 6) is -0.172. The van der Waals surface area contributed by atoms with E-state index < -0.39 is 11.9 Å². The van der Waals surface area contributed by atoms with Crippen LogP contribution in [0.15, 0.2) is 49.1 Å². The molecule has 3 aromatic heterocycles. The highest BCUT2D eigenvalue weighted by molar-refractivity contribution is 6.32. The fourth-order valence-electron chi connectivity index (χ4n) is 3.40. The molecular formula is C21H17ClFN5O2. The van der Waals surface area contributed by atoms with E-state index in [9.17, 15) is 14.3 Å². The summed E-state index contributed by atoms with van der Waals surface area (Å²) >= 11 is 6.26. The van der Waals surface area contributed by atoms with Crippen molar-refractivity contribution in [3.8, 4) is 5.82 Å². The van der Waals surface area contributed by atoms with Crippen LogP contribution in [0, 0.1) is 5.82 Å². The number of Topliss-reactive ketones (excluding diaryl/α,β-unsaturated/α-hetero) is 1. The molecule has 9 heteroatoms. The molecule has 30 heavy (non-hydrogen) atoms. The highest BCUT2D eigenvalue weighted by Gasteiger charge is 2.17. The molecule has 0 aliphatic heterocycles. The minimum Gasteiger partial charge on any atom is -0.389 e. The highest BCUT2D eigenvalue weighted by Crippen LogP contribution is 2.28. The van der Waals surface area contributed by atoms with Crippen LogP contribution >= 0.6 is 11.6 Å². The Bertz CT molecular complexity index is 1230. The lowest BCUT2D eigenvalue weighted by Gasteiger charge is -2.15. The predicted octanol–water partition coefficient (Wildman–Crippen LogP) is 3.41. The minimum atomic E-state index is -0.878. The molecule has 4 aromatic rings. The fourth-order valence-corrected chi connectivity index (χ4v) is 3.67. The maximum absolute atomic E-state index is 13.7. The van der Waals surface area contributed by atoms with Crippen LogP contribution < -0.4 is 0 Å². The molecule has 0 aliphatic rings. The van der Waals surface area contributed by atoms with Crippen molar-refractivity contribution in [2.24, 2.45) is 0 Å². The molecule has 1 atom stereocenters. The zero-order chi connectivity index (χ0) is 21.3. The van der Waals surface area contributed by atoms with Crippen molar-refractivity contribution >= 4 is 28.3 Å². The maximum atomic E-state index is 13.7. The van der Waals surface area contributed by atoms with Crippen molar-refractivity contribution in [2.45, 2.75) is 25.9 Å². The van der Waals surface area contributed by atoms with Crippen LogP contribution in [0.4, 0.5) is 4.39 Å². The summed E-state index contributed by atoms with van der Waals surface area (Å²) in [6, 6.07) is 5.83. The van der Waals surface area contributed by atoms with Crippen molar-refractivity contribution < 1.29 is 14.3 Å². The predicted molar refractivity (Wildman–Crippen MR) is 109 cm³/mol. The van der Waals surface area contributed by atoms with Crippen molar-refractivity contribution in [3.63, 3.8) is 0 Å². The molecule has 0 saturated carbocycles. The zero-order valence-corrected chi connectivity index (χ0v) is 16.7. The highest BCUT2D eigenvalue weighted by atomic mass is 35.5. The number of ketones is 1.